The van der Waals surface area contributed by atoms with Crippen LogP contribution >= 0.6 is 0 Å². The Hall–Kier alpha value is -1.03. The van der Waals surface area contributed by atoms with Crippen molar-refractivity contribution in [3.8, 4) is 5.75 Å². The molecule has 0 spiro atoms. The molecule has 0 radical (unpaired) electrons. The number of methoxy groups -OCH3 is 1. The van der Waals surface area contributed by atoms with Crippen molar-refractivity contribution in [3.63, 3.8) is 0 Å². The average molecular weight is 267 g/mol. The minimum Gasteiger partial charge on any atom is -0.493 e. The first-order chi connectivity index (χ1) is 8.93. The molecule has 1 aromatic rings. The summed E-state index contributed by atoms with van der Waals surface area (Å²) in [5.74, 6) is 0.914. The number of aromatic nitrogens is 2. The lowest BCUT2D eigenvalue weighted by molar-refractivity contribution is 0.265. The summed E-state index contributed by atoms with van der Waals surface area (Å²) in [6, 6.07) is 0.488. The number of hydrogen-bond donors (Lipinski definition) is 1. The molecule has 0 aliphatic heterocycles. The molecule has 0 saturated heterocycles. The summed E-state index contributed by atoms with van der Waals surface area (Å²) >= 11 is 0. The topological polar surface area (TPSA) is 39.1 Å². The Labute approximate surface area is 117 Å². The molecule has 4 heteroatoms. The normalized spacial score (nSPS) is 13.6. The first-order valence-corrected chi connectivity index (χ1v) is 7.20. The van der Waals surface area contributed by atoms with Gasteiger partial charge in [-0.15, -0.1) is 0 Å². The van der Waals surface area contributed by atoms with Gasteiger partial charge < -0.3 is 10.1 Å². The molecule has 0 fully saturated rings. The van der Waals surface area contributed by atoms with Gasteiger partial charge in [0.15, 0.2) is 5.75 Å². The van der Waals surface area contributed by atoms with E-state index in [4.69, 9.17) is 4.74 Å². The largest absolute Gasteiger partial charge is 0.493 e. The SMILES string of the molecule is CCCn1ncc(OC)c1CCC(NC)C(C)(C)C. The first-order valence-electron chi connectivity index (χ1n) is 7.20. The quantitative estimate of drug-likeness (QED) is 0.825. The van der Waals surface area contributed by atoms with Crippen LogP contribution in [0.15, 0.2) is 6.20 Å². The van der Waals surface area contributed by atoms with E-state index in [-0.39, 0.29) is 5.41 Å². The lowest BCUT2D eigenvalue weighted by Gasteiger charge is -2.30. The minimum absolute atomic E-state index is 0.262. The molecule has 19 heavy (non-hydrogen) atoms. The van der Waals surface area contributed by atoms with Gasteiger partial charge in [0.2, 0.25) is 0 Å². The zero-order chi connectivity index (χ0) is 14.5. The van der Waals surface area contributed by atoms with Gasteiger partial charge in [0.25, 0.3) is 0 Å². The van der Waals surface area contributed by atoms with E-state index in [9.17, 15) is 0 Å². The van der Waals surface area contributed by atoms with E-state index < -0.39 is 0 Å². The summed E-state index contributed by atoms with van der Waals surface area (Å²) in [5, 5.41) is 7.84. The van der Waals surface area contributed by atoms with Gasteiger partial charge in [-0.25, -0.2) is 0 Å². The van der Waals surface area contributed by atoms with E-state index in [1.165, 1.54) is 5.69 Å². The summed E-state index contributed by atoms with van der Waals surface area (Å²) in [5.41, 5.74) is 1.48. The summed E-state index contributed by atoms with van der Waals surface area (Å²) in [7, 11) is 3.76. The van der Waals surface area contributed by atoms with Crippen LogP contribution in [0, 0.1) is 5.41 Å². The van der Waals surface area contributed by atoms with Gasteiger partial charge in [-0.2, -0.15) is 5.10 Å². The molecule has 110 valence electrons. The van der Waals surface area contributed by atoms with Crippen molar-refractivity contribution in [3.05, 3.63) is 11.9 Å². The predicted octanol–water partition coefficient (Wildman–Crippen LogP) is 2.87. The third-order valence-corrected chi connectivity index (χ3v) is 3.63. The molecule has 1 heterocycles. The molecule has 1 atom stereocenters. The Morgan fingerprint density at radius 3 is 2.58 bits per heavy atom. The summed E-state index contributed by atoms with van der Waals surface area (Å²) < 4.78 is 7.50. The third-order valence-electron chi connectivity index (χ3n) is 3.63. The van der Waals surface area contributed by atoms with Crippen molar-refractivity contribution in [2.24, 2.45) is 5.41 Å². The molecule has 1 rings (SSSR count). The maximum Gasteiger partial charge on any atom is 0.159 e. The van der Waals surface area contributed by atoms with E-state index in [1.807, 2.05) is 13.2 Å². The molecule has 1 unspecified atom stereocenters. The Kier molecular flexibility index (Phi) is 5.85. The second kappa shape index (κ2) is 6.94. The lowest BCUT2D eigenvalue weighted by Crippen LogP contribution is -2.38. The van der Waals surface area contributed by atoms with Gasteiger partial charge in [0.1, 0.15) is 0 Å². The maximum atomic E-state index is 5.42. The fourth-order valence-electron chi connectivity index (χ4n) is 2.51. The van der Waals surface area contributed by atoms with Crippen LogP contribution in [0.1, 0.15) is 46.2 Å². The minimum atomic E-state index is 0.262. The highest BCUT2D eigenvalue weighted by atomic mass is 16.5. The van der Waals surface area contributed by atoms with E-state index >= 15 is 0 Å². The predicted molar refractivity (Wildman–Crippen MR) is 79.7 cm³/mol. The second-order valence-electron chi connectivity index (χ2n) is 6.13. The van der Waals surface area contributed by atoms with Crippen LogP contribution in [-0.4, -0.2) is 30.0 Å². The van der Waals surface area contributed by atoms with Crippen molar-refractivity contribution in [2.75, 3.05) is 14.2 Å². The number of rotatable bonds is 7. The smallest absolute Gasteiger partial charge is 0.159 e. The van der Waals surface area contributed by atoms with Crippen molar-refractivity contribution < 1.29 is 4.74 Å². The Bertz CT molecular complexity index is 379. The standard InChI is InChI=1S/C15H29N3O/c1-7-10-18-12(13(19-6)11-17-18)8-9-14(16-5)15(2,3)4/h11,14,16H,7-10H2,1-6H3. The van der Waals surface area contributed by atoms with Crippen LogP contribution in [0.25, 0.3) is 0 Å². The molecule has 0 aliphatic carbocycles. The lowest BCUT2D eigenvalue weighted by atomic mass is 9.84. The average Bonchev–Trinajstić information content (AvgIpc) is 2.71. The molecular formula is C15H29N3O. The molecule has 0 aromatic carbocycles. The van der Waals surface area contributed by atoms with Crippen LogP contribution in [0.4, 0.5) is 0 Å². The van der Waals surface area contributed by atoms with Crippen LogP contribution in [-0.2, 0) is 13.0 Å². The summed E-state index contributed by atoms with van der Waals surface area (Å²) in [6.45, 7) is 9.94. The van der Waals surface area contributed by atoms with Crippen LogP contribution in [0.3, 0.4) is 0 Å². The zero-order valence-electron chi connectivity index (χ0n) is 13.3. The molecule has 0 amide bonds. The zero-order valence-corrected chi connectivity index (χ0v) is 13.3. The second-order valence-corrected chi connectivity index (χ2v) is 6.13. The van der Waals surface area contributed by atoms with Crippen molar-refractivity contribution in [1.82, 2.24) is 15.1 Å². The Morgan fingerprint density at radius 1 is 1.42 bits per heavy atom. The number of nitrogens with zero attached hydrogens (tertiary/aromatic N) is 2. The fourth-order valence-corrected chi connectivity index (χ4v) is 2.51. The maximum absolute atomic E-state index is 5.42. The molecule has 0 bridgehead atoms. The van der Waals surface area contributed by atoms with Gasteiger partial charge in [0, 0.05) is 12.6 Å². The molecule has 4 nitrogen and oxygen atoms in total. The molecule has 0 aliphatic rings. The first kappa shape index (κ1) is 16.0. The summed E-state index contributed by atoms with van der Waals surface area (Å²) in [6.07, 6.45) is 5.00. The summed E-state index contributed by atoms with van der Waals surface area (Å²) in [4.78, 5) is 0. The van der Waals surface area contributed by atoms with Crippen molar-refractivity contribution in [2.45, 2.75) is 59.5 Å². The highest BCUT2D eigenvalue weighted by Crippen LogP contribution is 2.26. The molecular weight excluding hydrogens is 238 g/mol. The van der Waals surface area contributed by atoms with Crippen molar-refractivity contribution >= 4 is 0 Å². The number of hydrogen-bond acceptors (Lipinski definition) is 3. The van der Waals surface area contributed by atoms with Crippen molar-refractivity contribution in [1.29, 1.82) is 0 Å². The highest BCUT2D eigenvalue weighted by molar-refractivity contribution is 5.25. The van der Waals surface area contributed by atoms with Gasteiger partial charge in [-0.05, 0) is 31.7 Å². The van der Waals surface area contributed by atoms with Gasteiger partial charge >= 0.3 is 0 Å². The molecule has 0 saturated carbocycles. The van der Waals surface area contributed by atoms with E-state index in [0.717, 1.165) is 31.6 Å². The van der Waals surface area contributed by atoms with Gasteiger partial charge in [0.05, 0.1) is 19.0 Å². The van der Waals surface area contributed by atoms with E-state index in [1.54, 1.807) is 7.11 Å². The van der Waals surface area contributed by atoms with Gasteiger partial charge in [-0.3, -0.25) is 4.68 Å². The molecule has 1 N–H and O–H groups in total. The van der Waals surface area contributed by atoms with Crippen LogP contribution < -0.4 is 10.1 Å². The monoisotopic (exact) mass is 267 g/mol. The molecule has 1 aromatic heterocycles. The fraction of sp³-hybridized carbons (Fsp3) is 0.800. The third kappa shape index (κ3) is 4.23. The highest BCUT2D eigenvalue weighted by Gasteiger charge is 2.23. The Balaban J connectivity index is 2.77. The van der Waals surface area contributed by atoms with E-state index in [0.29, 0.717) is 6.04 Å². The van der Waals surface area contributed by atoms with Crippen LogP contribution in [0.2, 0.25) is 0 Å². The number of ether oxygens (including phenoxy) is 1. The van der Waals surface area contributed by atoms with Gasteiger partial charge in [-0.1, -0.05) is 27.7 Å². The number of aryl methyl sites for hydroxylation is 1. The van der Waals surface area contributed by atoms with Crippen LogP contribution in [0.5, 0.6) is 5.75 Å². The Morgan fingerprint density at radius 2 is 2.11 bits per heavy atom. The van der Waals surface area contributed by atoms with E-state index in [2.05, 4.69) is 42.8 Å². The number of nitrogens with one attached hydrogen (secondary N) is 1.